The zero-order valence-electron chi connectivity index (χ0n) is 11.1. The van der Waals surface area contributed by atoms with Crippen molar-refractivity contribution in [3.63, 3.8) is 0 Å². The molecule has 0 fully saturated rings. The molecule has 9 heteroatoms. The standard InChI is InChI=1S/C11H15Cl2FN2O2S2/c1-8-4-6-9(7-5-8)16(19-11(12,13)14)20(17,18)10(2,3)15/h4-7H,15H2,1-3H3. The number of benzene rings is 1. The van der Waals surface area contributed by atoms with E-state index in [0.29, 0.717) is 3.71 Å². The maximum absolute atomic E-state index is 13.5. The molecule has 2 N–H and O–H groups in total. The van der Waals surface area contributed by atoms with Crippen LogP contribution < -0.4 is 9.44 Å². The number of hydrogen-bond acceptors (Lipinski definition) is 4. The van der Waals surface area contributed by atoms with Crippen LogP contribution in [0.4, 0.5) is 10.1 Å². The summed E-state index contributed by atoms with van der Waals surface area (Å²) in [4.78, 5) is -1.62. The van der Waals surface area contributed by atoms with E-state index in [1.54, 1.807) is 12.1 Å². The second kappa shape index (κ2) is 5.88. The van der Waals surface area contributed by atoms with E-state index in [9.17, 15) is 12.8 Å². The predicted molar refractivity (Wildman–Crippen MR) is 84.0 cm³/mol. The Balaban J connectivity index is 3.33. The third kappa shape index (κ3) is 4.39. The minimum absolute atomic E-state index is 0.124. The van der Waals surface area contributed by atoms with Crippen molar-refractivity contribution in [2.75, 3.05) is 3.71 Å². The monoisotopic (exact) mass is 360 g/mol. The van der Waals surface area contributed by atoms with Gasteiger partial charge in [-0.3, -0.25) is 0 Å². The van der Waals surface area contributed by atoms with Crippen molar-refractivity contribution in [1.29, 1.82) is 0 Å². The highest BCUT2D eigenvalue weighted by atomic mass is 35.5. The smallest absolute Gasteiger partial charge is 0.311 e. The van der Waals surface area contributed by atoms with E-state index in [1.165, 1.54) is 26.0 Å². The van der Waals surface area contributed by atoms with Crippen LogP contribution in [0.3, 0.4) is 0 Å². The van der Waals surface area contributed by atoms with Crippen LogP contribution in [-0.4, -0.2) is 17.2 Å². The molecule has 20 heavy (non-hydrogen) atoms. The molecule has 0 spiro atoms. The number of nitrogens with zero attached hydrogens (tertiary/aromatic N) is 1. The maximum Gasteiger partial charge on any atom is 0.324 e. The van der Waals surface area contributed by atoms with Crippen LogP contribution in [0.25, 0.3) is 0 Å². The fourth-order valence-corrected chi connectivity index (χ4v) is 4.39. The predicted octanol–water partition coefficient (Wildman–Crippen LogP) is 3.53. The normalized spacial score (nSPS) is 13.3. The Morgan fingerprint density at radius 1 is 1.25 bits per heavy atom. The second-order valence-corrected chi connectivity index (χ2v) is 10.1. The summed E-state index contributed by atoms with van der Waals surface area (Å²) in [6.07, 6.45) is 0. The van der Waals surface area contributed by atoms with Gasteiger partial charge in [-0.25, -0.2) is 12.1 Å². The number of alkyl halides is 3. The molecule has 0 aliphatic rings. The minimum atomic E-state index is -4.07. The lowest BCUT2D eigenvalue weighted by Gasteiger charge is -2.31. The fourth-order valence-electron chi connectivity index (χ4n) is 1.21. The Labute approximate surface area is 132 Å². The summed E-state index contributed by atoms with van der Waals surface area (Å²) in [5.41, 5.74) is 6.78. The molecule has 0 atom stereocenters. The van der Waals surface area contributed by atoms with Gasteiger partial charge in [0.15, 0.2) is 0 Å². The largest absolute Gasteiger partial charge is 0.324 e. The van der Waals surface area contributed by atoms with E-state index in [2.05, 4.69) is 0 Å². The van der Waals surface area contributed by atoms with Gasteiger partial charge in [0.2, 0.25) is 0 Å². The first-order valence-electron chi connectivity index (χ1n) is 5.51. The quantitative estimate of drug-likeness (QED) is 0.644. The van der Waals surface area contributed by atoms with Crippen molar-refractivity contribution in [1.82, 2.24) is 0 Å². The summed E-state index contributed by atoms with van der Waals surface area (Å²) in [7, 11) is -4.07. The molecular weight excluding hydrogens is 346 g/mol. The molecule has 0 aliphatic heterocycles. The Bertz CT molecular complexity index is 566. The first-order valence-corrected chi connectivity index (χ1v) is 8.48. The van der Waals surface area contributed by atoms with Crippen molar-refractivity contribution < 1.29 is 12.8 Å². The molecule has 1 rings (SSSR count). The highest BCUT2D eigenvalue weighted by Crippen LogP contribution is 2.43. The van der Waals surface area contributed by atoms with Gasteiger partial charge in [0, 0.05) is 11.9 Å². The number of hydrogen-bond donors (Lipinski definition) is 1. The van der Waals surface area contributed by atoms with Gasteiger partial charge >= 0.3 is 3.92 Å². The zero-order chi connectivity index (χ0) is 15.8. The molecule has 0 saturated heterocycles. The van der Waals surface area contributed by atoms with Gasteiger partial charge < -0.3 is 5.73 Å². The second-order valence-electron chi connectivity index (χ2n) is 4.71. The summed E-state index contributed by atoms with van der Waals surface area (Å²) in [5.74, 6) is 0. The van der Waals surface area contributed by atoms with Gasteiger partial charge in [-0.05, 0) is 32.9 Å². The summed E-state index contributed by atoms with van der Waals surface area (Å²) in [5, 5.41) is 0. The summed E-state index contributed by atoms with van der Waals surface area (Å²) in [6, 6.07) is 6.41. The number of aryl methyl sites for hydroxylation is 1. The van der Waals surface area contributed by atoms with Crippen LogP contribution in [0.2, 0.25) is 0 Å². The number of halogens is 3. The van der Waals surface area contributed by atoms with E-state index >= 15 is 0 Å². The molecule has 1 aromatic carbocycles. The molecule has 0 unspecified atom stereocenters. The average molecular weight is 361 g/mol. The molecule has 4 nitrogen and oxygen atoms in total. The highest BCUT2D eigenvalue weighted by molar-refractivity contribution is 8.17. The SMILES string of the molecule is Cc1ccc(N(SC(F)(Cl)Cl)S(=O)(=O)C(C)(C)N)cc1. The van der Waals surface area contributed by atoms with Crippen molar-refractivity contribution in [2.45, 2.75) is 29.6 Å². The molecule has 0 aromatic heterocycles. The number of rotatable bonds is 5. The van der Waals surface area contributed by atoms with Crippen LogP contribution in [0, 0.1) is 6.92 Å². The van der Waals surface area contributed by atoms with Crippen LogP contribution in [0.15, 0.2) is 24.3 Å². The van der Waals surface area contributed by atoms with E-state index in [0.717, 1.165) is 5.56 Å². The lowest BCUT2D eigenvalue weighted by molar-refractivity contribution is 0.514. The summed E-state index contributed by atoms with van der Waals surface area (Å²) >= 11 is 10.7. The lowest BCUT2D eigenvalue weighted by Crippen LogP contribution is -2.49. The Morgan fingerprint density at radius 2 is 1.70 bits per heavy atom. The van der Waals surface area contributed by atoms with Crippen LogP contribution in [-0.2, 0) is 10.0 Å². The first kappa shape index (κ1) is 17.8. The van der Waals surface area contributed by atoms with Gasteiger partial charge in [-0.2, -0.15) is 4.39 Å². The van der Waals surface area contributed by atoms with Crippen molar-refractivity contribution in [2.24, 2.45) is 5.73 Å². The zero-order valence-corrected chi connectivity index (χ0v) is 14.2. The van der Waals surface area contributed by atoms with Crippen molar-refractivity contribution in [3.05, 3.63) is 29.8 Å². The van der Waals surface area contributed by atoms with Gasteiger partial charge in [0.1, 0.15) is 4.87 Å². The van der Waals surface area contributed by atoms with Gasteiger partial charge in [-0.1, -0.05) is 40.9 Å². The Morgan fingerprint density at radius 3 is 2.05 bits per heavy atom. The fraction of sp³-hybridized carbons (Fsp3) is 0.455. The van der Waals surface area contributed by atoms with Crippen LogP contribution in [0.1, 0.15) is 19.4 Å². The third-order valence-electron chi connectivity index (χ3n) is 2.31. The number of nitrogens with two attached hydrogens (primary N) is 1. The summed E-state index contributed by atoms with van der Waals surface area (Å²) < 4.78 is 36.2. The van der Waals surface area contributed by atoms with Crippen molar-refractivity contribution >= 4 is 50.9 Å². The summed E-state index contributed by atoms with van der Waals surface area (Å²) in [6.45, 7) is 4.43. The van der Waals surface area contributed by atoms with Gasteiger partial charge in [0.05, 0.1) is 5.69 Å². The minimum Gasteiger partial charge on any atom is -0.311 e. The topological polar surface area (TPSA) is 63.4 Å². The highest BCUT2D eigenvalue weighted by Gasteiger charge is 2.41. The maximum atomic E-state index is 13.5. The molecule has 0 radical (unpaired) electrons. The van der Waals surface area contributed by atoms with E-state index in [1.807, 2.05) is 6.92 Å². The Kier molecular flexibility index (Phi) is 5.25. The molecule has 0 aliphatic carbocycles. The number of sulfonamides is 1. The van der Waals surface area contributed by atoms with Gasteiger partial charge in [-0.15, -0.1) is 0 Å². The molecular formula is C11H15Cl2FN2O2S2. The van der Waals surface area contributed by atoms with Gasteiger partial charge in [0.25, 0.3) is 10.0 Å². The molecule has 1 aromatic rings. The van der Waals surface area contributed by atoms with E-state index < -0.39 is 18.8 Å². The van der Waals surface area contributed by atoms with Crippen LogP contribution >= 0.6 is 35.1 Å². The van der Waals surface area contributed by atoms with E-state index in [4.69, 9.17) is 28.9 Å². The first-order chi connectivity index (χ1) is 8.84. The molecule has 0 bridgehead atoms. The van der Waals surface area contributed by atoms with Crippen LogP contribution in [0.5, 0.6) is 0 Å². The molecule has 114 valence electrons. The van der Waals surface area contributed by atoms with Crippen molar-refractivity contribution in [3.8, 4) is 0 Å². The molecule has 0 saturated carbocycles. The Hall–Kier alpha value is -0.210. The number of anilines is 1. The molecule has 0 amide bonds. The third-order valence-corrected chi connectivity index (χ3v) is 6.10. The lowest BCUT2D eigenvalue weighted by atomic mass is 10.2. The molecule has 0 heterocycles. The average Bonchev–Trinajstić information content (AvgIpc) is 2.24. The van der Waals surface area contributed by atoms with E-state index in [-0.39, 0.29) is 17.6 Å².